The van der Waals surface area contributed by atoms with E-state index in [4.69, 9.17) is 11.6 Å². The molecule has 0 aromatic heterocycles. The summed E-state index contributed by atoms with van der Waals surface area (Å²) in [5, 5.41) is 0.0713. The van der Waals surface area contributed by atoms with E-state index < -0.39 is 10.0 Å². The Labute approximate surface area is 206 Å². The first-order chi connectivity index (χ1) is 16.2. The second-order valence-corrected chi connectivity index (χ2v) is 10.6. The van der Waals surface area contributed by atoms with E-state index in [2.05, 4.69) is 21.8 Å². The van der Waals surface area contributed by atoms with Gasteiger partial charge in [-0.2, -0.15) is 0 Å². The molecule has 0 bridgehead atoms. The maximum Gasteiger partial charge on any atom is 0.263 e. The van der Waals surface area contributed by atoms with Gasteiger partial charge >= 0.3 is 0 Å². The third-order valence-corrected chi connectivity index (χ3v) is 8.07. The van der Waals surface area contributed by atoms with Gasteiger partial charge in [-0.15, -0.1) is 0 Å². The van der Waals surface area contributed by atoms with Crippen molar-refractivity contribution in [1.82, 2.24) is 9.80 Å². The number of nitrogens with one attached hydrogen (secondary N) is 1. The monoisotopic (exact) mass is 497 g/mol. The van der Waals surface area contributed by atoms with Crippen molar-refractivity contribution in [3.63, 3.8) is 0 Å². The van der Waals surface area contributed by atoms with E-state index in [0.29, 0.717) is 24.3 Å². The molecular weight excluding hydrogens is 470 g/mol. The van der Waals surface area contributed by atoms with Gasteiger partial charge in [0.2, 0.25) is 0 Å². The summed E-state index contributed by atoms with van der Waals surface area (Å²) in [5.41, 5.74) is 3.85. The number of piperazine rings is 1. The predicted octanol–water partition coefficient (Wildman–Crippen LogP) is 4.72. The van der Waals surface area contributed by atoms with Crippen LogP contribution in [0, 0.1) is 13.8 Å². The average Bonchev–Trinajstić information content (AvgIpc) is 2.83. The summed E-state index contributed by atoms with van der Waals surface area (Å²) in [5.74, 6) is -0.195. The molecule has 0 saturated carbocycles. The van der Waals surface area contributed by atoms with E-state index in [-0.39, 0.29) is 15.8 Å². The first kappa shape index (κ1) is 24.3. The SMILES string of the molecule is Cc1cccc(NS(=O)(=O)c2cc(C(=O)N3CCN(Cc4ccccc4)CC3)ccc2Cl)c1C. The Morgan fingerprint density at radius 2 is 1.65 bits per heavy atom. The van der Waals surface area contributed by atoms with Gasteiger partial charge in [0.25, 0.3) is 15.9 Å². The quantitative estimate of drug-likeness (QED) is 0.535. The number of aryl methyl sites for hydroxylation is 1. The highest BCUT2D eigenvalue weighted by molar-refractivity contribution is 7.92. The minimum absolute atomic E-state index is 0.0713. The van der Waals surface area contributed by atoms with Gasteiger partial charge in [-0.3, -0.25) is 14.4 Å². The molecule has 1 amide bonds. The summed E-state index contributed by atoms with van der Waals surface area (Å²) in [6.45, 7) is 7.29. The van der Waals surface area contributed by atoms with E-state index in [9.17, 15) is 13.2 Å². The average molecular weight is 498 g/mol. The molecule has 1 N–H and O–H groups in total. The Kier molecular flexibility index (Phi) is 7.26. The number of halogens is 1. The summed E-state index contributed by atoms with van der Waals surface area (Å²) in [4.78, 5) is 17.1. The van der Waals surface area contributed by atoms with E-state index in [1.165, 1.54) is 17.7 Å². The number of carbonyl (C=O) groups is 1. The highest BCUT2D eigenvalue weighted by Gasteiger charge is 2.25. The van der Waals surface area contributed by atoms with Gasteiger partial charge in [0, 0.05) is 38.3 Å². The highest BCUT2D eigenvalue weighted by Crippen LogP contribution is 2.28. The Hall–Kier alpha value is -2.87. The topological polar surface area (TPSA) is 69.7 Å². The van der Waals surface area contributed by atoms with E-state index in [1.807, 2.05) is 38.1 Å². The third kappa shape index (κ3) is 5.43. The summed E-state index contributed by atoms with van der Waals surface area (Å²) < 4.78 is 28.9. The number of benzene rings is 3. The number of sulfonamides is 1. The molecule has 34 heavy (non-hydrogen) atoms. The standard InChI is InChI=1S/C26H28ClN3O3S/c1-19-7-6-10-24(20(19)2)28-34(32,33)25-17-22(11-12-23(25)27)26(31)30-15-13-29(14-16-30)18-21-8-4-3-5-9-21/h3-12,17,28H,13-16,18H2,1-2H3. The second kappa shape index (κ2) is 10.2. The number of carbonyl (C=O) groups excluding carboxylic acids is 1. The van der Waals surface area contributed by atoms with Crippen molar-refractivity contribution in [3.05, 3.63) is 94.0 Å². The number of amides is 1. The maximum atomic E-state index is 13.2. The fourth-order valence-electron chi connectivity index (χ4n) is 4.04. The molecule has 0 aliphatic carbocycles. The summed E-state index contributed by atoms with van der Waals surface area (Å²) in [7, 11) is -3.97. The molecule has 3 aromatic rings. The minimum Gasteiger partial charge on any atom is -0.336 e. The van der Waals surface area contributed by atoms with Gasteiger partial charge in [-0.25, -0.2) is 8.42 Å². The Morgan fingerprint density at radius 3 is 2.35 bits per heavy atom. The minimum atomic E-state index is -3.97. The van der Waals surface area contributed by atoms with Gasteiger partial charge in [-0.1, -0.05) is 54.1 Å². The van der Waals surface area contributed by atoms with Crippen LogP contribution in [0.15, 0.2) is 71.6 Å². The van der Waals surface area contributed by atoms with Crippen molar-refractivity contribution >= 4 is 33.2 Å². The van der Waals surface area contributed by atoms with Crippen molar-refractivity contribution < 1.29 is 13.2 Å². The van der Waals surface area contributed by atoms with Crippen molar-refractivity contribution in [2.45, 2.75) is 25.3 Å². The molecular formula is C26H28ClN3O3S. The maximum absolute atomic E-state index is 13.2. The van der Waals surface area contributed by atoms with Crippen LogP contribution >= 0.6 is 11.6 Å². The number of hydrogen-bond acceptors (Lipinski definition) is 4. The van der Waals surface area contributed by atoms with Gasteiger partial charge in [0.1, 0.15) is 4.90 Å². The molecule has 1 aliphatic rings. The van der Waals surface area contributed by atoms with Crippen molar-refractivity contribution in [2.24, 2.45) is 0 Å². The van der Waals surface area contributed by atoms with Crippen LogP contribution < -0.4 is 4.72 Å². The fourth-order valence-corrected chi connectivity index (χ4v) is 5.69. The lowest BCUT2D eigenvalue weighted by atomic mass is 10.1. The molecule has 4 rings (SSSR count). The summed E-state index contributed by atoms with van der Waals surface area (Å²) in [6, 6.07) is 20.1. The van der Waals surface area contributed by atoms with E-state index >= 15 is 0 Å². The van der Waals surface area contributed by atoms with Crippen LogP contribution in [-0.4, -0.2) is 50.3 Å². The van der Waals surface area contributed by atoms with Crippen LogP contribution in [0.5, 0.6) is 0 Å². The van der Waals surface area contributed by atoms with Crippen LogP contribution in [0.3, 0.4) is 0 Å². The number of anilines is 1. The Balaban J connectivity index is 1.47. The molecule has 0 unspecified atom stereocenters. The van der Waals surface area contributed by atoms with Gasteiger partial charge < -0.3 is 4.90 Å². The largest absolute Gasteiger partial charge is 0.336 e. The number of rotatable bonds is 6. The van der Waals surface area contributed by atoms with Crippen LogP contribution in [0.4, 0.5) is 5.69 Å². The molecule has 1 heterocycles. The predicted molar refractivity (Wildman–Crippen MR) is 136 cm³/mol. The zero-order chi connectivity index (χ0) is 24.3. The lowest BCUT2D eigenvalue weighted by Gasteiger charge is -2.34. The first-order valence-corrected chi connectivity index (χ1v) is 13.0. The molecule has 1 fully saturated rings. The normalized spacial score (nSPS) is 14.7. The lowest BCUT2D eigenvalue weighted by Crippen LogP contribution is -2.48. The lowest BCUT2D eigenvalue weighted by molar-refractivity contribution is 0.0628. The number of nitrogens with zero attached hydrogens (tertiary/aromatic N) is 2. The molecule has 1 saturated heterocycles. The fraction of sp³-hybridized carbons (Fsp3) is 0.269. The molecule has 1 aliphatic heterocycles. The second-order valence-electron chi connectivity index (χ2n) is 8.55. The van der Waals surface area contributed by atoms with Gasteiger partial charge in [0.05, 0.1) is 10.7 Å². The van der Waals surface area contributed by atoms with Crippen molar-refractivity contribution in [1.29, 1.82) is 0 Å². The van der Waals surface area contributed by atoms with Crippen LogP contribution in [0.1, 0.15) is 27.0 Å². The zero-order valence-corrected chi connectivity index (χ0v) is 20.9. The molecule has 8 heteroatoms. The Morgan fingerprint density at radius 1 is 0.941 bits per heavy atom. The van der Waals surface area contributed by atoms with E-state index in [1.54, 1.807) is 23.1 Å². The molecule has 0 spiro atoms. The summed E-state index contributed by atoms with van der Waals surface area (Å²) in [6.07, 6.45) is 0. The van der Waals surface area contributed by atoms with E-state index in [0.717, 1.165) is 30.8 Å². The first-order valence-electron chi connectivity index (χ1n) is 11.2. The number of hydrogen-bond donors (Lipinski definition) is 1. The molecule has 3 aromatic carbocycles. The smallest absolute Gasteiger partial charge is 0.263 e. The zero-order valence-electron chi connectivity index (χ0n) is 19.3. The van der Waals surface area contributed by atoms with Crippen LogP contribution in [-0.2, 0) is 16.6 Å². The molecule has 178 valence electrons. The summed E-state index contributed by atoms with van der Waals surface area (Å²) >= 11 is 6.25. The highest BCUT2D eigenvalue weighted by atomic mass is 35.5. The van der Waals surface area contributed by atoms with Crippen LogP contribution in [0.25, 0.3) is 0 Å². The molecule has 0 atom stereocenters. The van der Waals surface area contributed by atoms with Crippen molar-refractivity contribution in [2.75, 3.05) is 30.9 Å². The third-order valence-electron chi connectivity index (χ3n) is 6.23. The Bertz CT molecular complexity index is 1290. The molecule has 0 radical (unpaired) electrons. The van der Waals surface area contributed by atoms with Gasteiger partial charge in [-0.05, 0) is 54.8 Å². The molecule has 6 nitrogen and oxygen atoms in total. The van der Waals surface area contributed by atoms with Gasteiger partial charge in [0.15, 0.2) is 0 Å². The van der Waals surface area contributed by atoms with Crippen molar-refractivity contribution in [3.8, 4) is 0 Å². The van der Waals surface area contributed by atoms with Crippen LogP contribution in [0.2, 0.25) is 5.02 Å².